The van der Waals surface area contributed by atoms with Crippen LogP contribution in [0.4, 0.5) is 0 Å². The number of ether oxygens (including phenoxy) is 16. The van der Waals surface area contributed by atoms with Gasteiger partial charge in [0.15, 0.2) is 11.2 Å². The highest BCUT2D eigenvalue weighted by atomic mass is 16.7. The van der Waals surface area contributed by atoms with E-state index in [4.69, 9.17) is 74.2 Å². The lowest BCUT2D eigenvalue weighted by Crippen LogP contribution is -2.40. The molecule has 0 aliphatic heterocycles. The van der Waals surface area contributed by atoms with Crippen LogP contribution in [0.25, 0.3) is 0 Å². The van der Waals surface area contributed by atoms with Gasteiger partial charge in [-0.05, 0) is 55.4 Å². The van der Waals surface area contributed by atoms with Crippen LogP contribution in [0.2, 0.25) is 0 Å². The largest absolute Gasteiger partial charge is 0.459 e. The van der Waals surface area contributed by atoms with E-state index in [1.807, 2.05) is 0 Å². The van der Waals surface area contributed by atoms with Crippen LogP contribution in [0.1, 0.15) is 55.4 Å². The first-order chi connectivity index (χ1) is 39.5. The van der Waals surface area contributed by atoms with Crippen molar-refractivity contribution in [3.8, 4) is 37.5 Å². The van der Waals surface area contributed by atoms with E-state index in [2.05, 4.69) is 85.8 Å². The third-order valence-corrected chi connectivity index (χ3v) is 7.45. The first kappa shape index (κ1) is 84.6. The molecule has 84 heavy (non-hydrogen) atoms. The van der Waals surface area contributed by atoms with E-state index in [0.29, 0.717) is 18.8 Å². The van der Waals surface area contributed by atoms with E-state index in [-0.39, 0.29) is 82.8 Å². The van der Waals surface area contributed by atoms with Crippen LogP contribution in [0.3, 0.4) is 0 Å². The minimum atomic E-state index is -1.25. The minimum absolute atomic E-state index is 0.0308. The SMILES string of the molecule is C=C(C)C(=O)OC(COCC)OC#N.C=C(C)C(=O)OCC(C)(COC(=O)C(=C)C)OC#N.C=C(C)C(=O)OCCOC#N.C=CC(=O)OC(COCC)OC#N.C=CC(=O)OCC(C)(COC(=O)C=C)OC#N.C=CC(=O)OCCOC#N. The summed E-state index contributed by atoms with van der Waals surface area (Å²) < 4.78 is 74.3. The van der Waals surface area contributed by atoms with Gasteiger partial charge in [-0.15, -0.1) is 0 Å². The van der Waals surface area contributed by atoms with Gasteiger partial charge in [0.05, 0.1) is 0 Å². The van der Waals surface area contributed by atoms with Crippen molar-refractivity contribution in [2.75, 3.05) is 79.3 Å². The zero-order chi connectivity index (χ0) is 66.0. The van der Waals surface area contributed by atoms with Crippen LogP contribution in [0.5, 0.6) is 0 Å². The first-order valence-electron chi connectivity index (χ1n) is 23.5. The monoisotopic (exact) mass is 1190 g/mol. The summed E-state index contributed by atoms with van der Waals surface area (Å²) in [5.41, 5.74) is -1.46. The van der Waals surface area contributed by atoms with Crippen molar-refractivity contribution in [3.63, 3.8) is 0 Å². The van der Waals surface area contributed by atoms with Crippen LogP contribution in [0.15, 0.2) is 99.2 Å². The van der Waals surface area contributed by atoms with Gasteiger partial charge in [-0.2, -0.15) is 31.6 Å². The van der Waals surface area contributed by atoms with E-state index < -0.39 is 71.5 Å². The molecule has 0 bridgehead atoms. The fourth-order valence-electron chi connectivity index (χ4n) is 3.43. The number of esters is 8. The lowest BCUT2D eigenvalue weighted by Gasteiger charge is -2.25. The molecule has 0 N–H and O–H groups in total. The van der Waals surface area contributed by atoms with Gasteiger partial charge in [-0.3, -0.25) is 0 Å². The quantitative estimate of drug-likeness (QED) is 0.0213. The van der Waals surface area contributed by atoms with Crippen LogP contribution in [-0.2, 0) is 114 Å². The van der Waals surface area contributed by atoms with Gasteiger partial charge in [-0.1, -0.05) is 52.6 Å². The van der Waals surface area contributed by atoms with E-state index in [9.17, 15) is 38.4 Å². The fraction of sp³-hybridized carbons (Fsp3) is 0.444. The molecule has 0 aromatic rings. The van der Waals surface area contributed by atoms with E-state index in [1.54, 1.807) is 20.8 Å². The summed E-state index contributed by atoms with van der Waals surface area (Å²) in [7, 11) is 0. The van der Waals surface area contributed by atoms with E-state index in [0.717, 1.165) is 24.3 Å². The van der Waals surface area contributed by atoms with Gasteiger partial charge in [0, 0.05) is 59.8 Å². The lowest BCUT2D eigenvalue weighted by molar-refractivity contribution is -0.172. The maximum Gasteiger partial charge on any atom is 0.336 e. The predicted molar refractivity (Wildman–Crippen MR) is 285 cm³/mol. The van der Waals surface area contributed by atoms with Gasteiger partial charge in [-0.25, -0.2) is 38.4 Å². The van der Waals surface area contributed by atoms with Crippen LogP contribution in [0, 0.1) is 69.1 Å². The average molecular weight is 1190 g/mol. The molecule has 0 amide bonds. The van der Waals surface area contributed by atoms with Crippen molar-refractivity contribution in [3.05, 3.63) is 99.2 Å². The van der Waals surface area contributed by atoms with Crippen molar-refractivity contribution in [1.82, 2.24) is 0 Å². The molecule has 460 valence electrons. The van der Waals surface area contributed by atoms with E-state index >= 15 is 0 Å². The summed E-state index contributed by atoms with van der Waals surface area (Å²) in [6.45, 7) is 39.3. The zero-order valence-corrected chi connectivity index (χ0v) is 48.1. The van der Waals surface area contributed by atoms with E-state index in [1.165, 1.54) is 72.2 Å². The summed E-state index contributed by atoms with van der Waals surface area (Å²) in [5.74, 6) is -4.78. The van der Waals surface area contributed by atoms with Gasteiger partial charge in [0.25, 0.3) is 50.1 Å². The third-order valence-electron chi connectivity index (χ3n) is 7.45. The summed E-state index contributed by atoms with van der Waals surface area (Å²) in [4.78, 5) is 86.9. The first-order valence-corrected chi connectivity index (χ1v) is 23.5. The topological polar surface area (TPSA) is 427 Å². The smallest absolute Gasteiger partial charge is 0.336 e. The van der Waals surface area contributed by atoms with Crippen LogP contribution < -0.4 is 0 Å². The van der Waals surface area contributed by atoms with Gasteiger partial charge >= 0.3 is 47.8 Å². The molecule has 0 saturated carbocycles. The molecule has 0 rings (SSSR count). The molecular formula is C54H70N6O24. The number of rotatable bonds is 34. The molecule has 0 aromatic heterocycles. The number of carbonyl (C=O) groups is 8. The molecule has 0 heterocycles. The van der Waals surface area contributed by atoms with Crippen molar-refractivity contribution in [2.45, 2.75) is 79.2 Å². The summed E-state index contributed by atoms with van der Waals surface area (Å²) >= 11 is 0. The van der Waals surface area contributed by atoms with Gasteiger partial charge in [0.1, 0.15) is 66.1 Å². The highest BCUT2D eigenvalue weighted by Crippen LogP contribution is 2.14. The maximum atomic E-state index is 11.3. The molecule has 0 aliphatic carbocycles. The Morgan fingerprint density at radius 1 is 0.417 bits per heavy atom. The van der Waals surface area contributed by atoms with Crippen LogP contribution in [-0.4, -0.2) is 151 Å². The number of carbonyl (C=O) groups excluding carboxylic acids is 8. The predicted octanol–water partition coefficient (Wildman–Crippen LogP) is 4.54. The summed E-state index contributed by atoms with van der Waals surface area (Å²) in [5, 5.41) is 49.2. The molecule has 0 saturated heterocycles. The molecule has 0 spiro atoms. The molecule has 30 heteroatoms. The molecule has 30 nitrogen and oxygen atoms in total. The number of hydrogen-bond acceptors (Lipinski definition) is 30. The Morgan fingerprint density at radius 3 is 1.02 bits per heavy atom. The van der Waals surface area contributed by atoms with Crippen molar-refractivity contribution < 1.29 is 114 Å². The molecule has 2 atom stereocenters. The molecule has 0 radical (unpaired) electrons. The molecular weight excluding hydrogens is 1120 g/mol. The number of nitrogens with zero attached hydrogens (tertiary/aromatic N) is 6. The fourth-order valence-corrected chi connectivity index (χ4v) is 3.43. The van der Waals surface area contributed by atoms with Gasteiger partial charge < -0.3 is 75.8 Å². The van der Waals surface area contributed by atoms with Crippen molar-refractivity contribution in [1.29, 1.82) is 31.6 Å². The normalized spacial score (nSPS) is 9.74. The Bertz CT molecular complexity index is 2380. The standard InChI is InChI=1S/C13H17NO5.C11H13NO5.C9H13NO4.C8H11NO4.C7H9NO3.C6H7NO3/c1-9(2)11(15)17-6-13(5,19-8-14)7-18-12(16)10(3)4;1-4-9(13)15-6-11(3,17-8-12)7-16-10(14)5-2;1-4-12-5-8(13-6-10)14-9(11)7(2)3;1-3-7(10)13-8(12-6-9)5-11-4-2;1-6(2)7(9)11-4-3-10-5-8;1-2-6(8)10-4-3-9-5-7/h1,3,6-7H2,2,4-5H3;4-5H,1-2,6-7H2,3H3;8H,2,4-5H2,1,3H3;3,8H,1,4-5H2,2H3;1,3-4H2,2H3;2H,1,3-4H2. The maximum absolute atomic E-state index is 11.3. The molecule has 0 aromatic carbocycles. The van der Waals surface area contributed by atoms with Gasteiger partial charge in [0.2, 0.25) is 0 Å². The second-order valence-electron chi connectivity index (χ2n) is 15.2. The highest BCUT2D eigenvalue weighted by Gasteiger charge is 2.32. The van der Waals surface area contributed by atoms with Crippen molar-refractivity contribution in [2.24, 2.45) is 0 Å². The second kappa shape index (κ2) is 55.6. The Labute approximate surface area is 487 Å². The second-order valence-corrected chi connectivity index (χ2v) is 15.2. The Hall–Kier alpha value is -10.7. The van der Waals surface area contributed by atoms with Crippen LogP contribution >= 0.6 is 0 Å². The summed E-state index contributed by atoms with van der Waals surface area (Å²) in [6.07, 6.45) is 10.7. The Morgan fingerprint density at radius 2 is 0.726 bits per heavy atom. The van der Waals surface area contributed by atoms with Crippen molar-refractivity contribution >= 4 is 47.8 Å². The molecule has 0 fully saturated rings. The third kappa shape index (κ3) is 56.1. The Balaban J connectivity index is -0.000000220. The number of hydrogen-bond donors (Lipinski definition) is 0. The lowest BCUT2D eigenvalue weighted by atomic mass is 10.1. The zero-order valence-electron chi connectivity index (χ0n) is 48.1. The number of nitriles is 6. The highest BCUT2D eigenvalue weighted by molar-refractivity contribution is 5.88. The Kier molecular flexibility index (Phi) is 56.1. The minimum Gasteiger partial charge on any atom is -0.459 e. The average Bonchev–Trinajstić information content (AvgIpc) is 3.57. The molecule has 2 unspecified atom stereocenters. The molecule has 0 aliphatic rings. The summed E-state index contributed by atoms with van der Waals surface area (Å²) in [6, 6.07) is 0.